The van der Waals surface area contributed by atoms with E-state index >= 15 is 0 Å². The number of aromatic nitrogens is 1. The monoisotopic (exact) mass is 361 g/mol. The predicted molar refractivity (Wildman–Crippen MR) is 102 cm³/mol. The van der Waals surface area contributed by atoms with E-state index in [0.29, 0.717) is 32.2 Å². The van der Waals surface area contributed by atoms with Crippen molar-refractivity contribution in [1.82, 2.24) is 15.2 Å². The van der Waals surface area contributed by atoms with Crippen molar-refractivity contribution in [2.75, 3.05) is 13.1 Å². The lowest BCUT2D eigenvalue weighted by molar-refractivity contribution is 0.187. The molecule has 0 bridgehead atoms. The molecule has 0 aliphatic rings. The number of nitrogens with one attached hydrogen (secondary N) is 1. The quantitative estimate of drug-likeness (QED) is 0.766. The number of amides is 2. The van der Waals surface area contributed by atoms with Crippen LogP contribution in [0.15, 0.2) is 29.6 Å². The van der Waals surface area contributed by atoms with Gasteiger partial charge in [0.25, 0.3) is 0 Å². The van der Waals surface area contributed by atoms with Gasteiger partial charge in [0.1, 0.15) is 17.4 Å². The van der Waals surface area contributed by atoms with E-state index in [9.17, 15) is 4.79 Å². The maximum absolute atomic E-state index is 12.2. The molecule has 1 N–H and O–H groups in total. The molecular weight excluding hydrogens is 334 g/mol. The molecule has 1 aromatic heterocycles. The number of hydrogen-bond donors (Lipinski definition) is 1. The van der Waals surface area contributed by atoms with Crippen molar-refractivity contribution in [3.63, 3.8) is 0 Å². The second kappa shape index (κ2) is 9.42. The summed E-state index contributed by atoms with van der Waals surface area (Å²) in [4.78, 5) is 18.6. The molecule has 0 radical (unpaired) electrons. The van der Waals surface area contributed by atoms with Crippen molar-refractivity contribution in [2.24, 2.45) is 5.92 Å². The third kappa shape index (κ3) is 6.05. The topological polar surface area (TPSA) is 54.5 Å². The molecule has 2 aromatic rings. The highest BCUT2D eigenvalue weighted by molar-refractivity contribution is 7.09. The number of carbonyl (C=O) groups excluding carboxylic acids is 1. The van der Waals surface area contributed by atoms with Crippen LogP contribution in [0.1, 0.15) is 37.0 Å². The van der Waals surface area contributed by atoms with Crippen LogP contribution in [-0.4, -0.2) is 29.0 Å². The van der Waals surface area contributed by atoms with Crippen LogP contribution in [-0.2, 0) is 13.2 Å². The maximum Gasteiger partial charge on any atom is 0.317 e. The molecular formula is C19H27N3O2S. The second-order valence-electron chi connectivity index (χ2n) is 6.40. The van der Waals surface area contributed by atoms with Crippen LogP contribution in [0.3, 0.4) is 0 Å². The highest BCUT2D eigenvalue weighted by Gasteiger charge is 2.16. The molecule has 1 heterocycles. The van der Waals surface area contributed by atoms with E-state index in [4.69, 9.17) is 4.74 Å². The van der Waals surface area contributed by atoms with Gasteiger partial charge in [0.2, 0.25) is 0 Å². The molecule has 0 aliphatic heterocycles. The SMILES string of the molecule is CCNC(=O)N(Cc1csc(COc2ccccc2C)n1)CC(C)C. The van der Waals surface area contributed by atoms with E-state index in [1.54, 1.807) is 11.3 Å². The van der Waals surface area contributed by atoms with Gasteiger partial charge in [0.15, 0.2) is 0 Å². The molecule has 5 nitrogen and oxygen atoms in total. The number of thiazole rings is 1. The first kappa shape index (κ1) is 19.2. The normalized spacial score (nSPS) is 10.8. The van der Waals surface area contributed by atoms with Gasteiger partial charge in [-0.1, -0.05) is 32.0 Å². The molecule has 6 heteroatoms. The molecule has 0 fully saturated rings. The average Bonchev–Trinajstić information content (AvgIpc) is 3.01. The van der Waals surface area contributed by atoms with Gasteiger partial charge in [-0.3, -0.25) is 0 Å². The smallest absolute Gasteiger partial charge is 0.317 e. The summed E-state index contributed by atoms with van der Waals surface area (Å²) in [7, 11) is 0. The molecule has 0 aliphatic carbocycles. The first-order chi connectivity index (χ1) is 12.0. The van der Waals surface area contributed by atoms with Gasteiger partial charge in [-0.2, -0.15) is 0 Å². The number of urea groups is 1. The summed E-state index contributed by atoms with van der Waals surface area (Å²) >= 11 is 1.57. The minimum atomic E-state index is -0.0399. The lowest BCUT2D eigenvalue weighted by Gasteiger charge is -2.23. The van der Waals surface area contributed by atoms with Gasteiger partial charge in [-0.15, -0.1) is 11.3 Å². The molecule has 0 unspecified atom stereocenters. The molecule has 0 saturated carbocycles. The predicted octanol–water partition coefficient (Wildman–Crippen LogP) is 4.22. The average molecular weight is 362 g/mol. The molecule has 0 spiro atoms. The Morgan fingerprint density at radius 3 is 2.80 bits per heavy atom. The number of ether oxygens (including phenoxy) is 1. The first-order valence-corrected chi connectivity index (χ1v) is 9.52. The first-order valence-electron chi connectivity index (χ1n) is 8.64. The number of rotatable bonds is 8. The van der Waals surface area contributed by atoms with Crippen LogP contribution >= 0.6 is 11.3 Å². The molecule has 0 saturated heterocycles. The number of carbonyl (C=O) groups is 1. The standard InChI is InChI=1S/C19H27N3O2S/c1-5-20-19(23)22(10-14(2)3)11-16-13-25-18(21-16)12-24-17-9-7-6-8-15(17)4/h6-9,13-14H,5,10-12H2,1-4H3,(H,20,23). The zero-order valence-corrected chi connectivity index (χ0v) is 16.2. The van der Waals surface area contributed by atoms with Gasteiger partial charge in [0.05, 0.1) is 12.2 Å². The molecule has 1 aromatic carbocycles. The second-order valence-corrected chi connectivity index (χ2v) is 7.34. The highest BCUT2D eigenvalue weighted by atomic mass is 32.1. The highest BCUT2D eigenvalue weighted by Crippen LogP contribution is 2.19. The van der Waals surface area contributed by atoms with Crippen molar-refractivity contribution < 1.29 is 9.53 Å². The summed E-state index contributed by atoms with van der Waals surface area (Å²) in [6.07, 6.45) is 0. The van der Waals surface area contributed by atoms with Crippen molar-refractivity contribution in [2.45, 2.75) is 40.8 Å². The zero-order chi connectivity index (χ0) is 18.2. The summed E-state index contributed by atoms with van der Waals surface area (Å²) in [6.45, 7) is 10.5. The summed E-state index contributed by atoms with van der Waals surface area (Å²) in [5, 5.41) is 5.79. The van der Waals surface area contributed by atoms with Crippen LogP contribution in [0.4, 0.5) is 4.79 Å². The minimum absolute atomic E-state index is 0.0399. The third-order valence-electron chi connectivity index (χ3n) is 3.60. The molecule has 0 atom stereocenters. The van der Waals surface area contributed by atoms with E-state index in [2.05, 4.69) is 24.1 Å². The van der Waals surface area contributed by atoms with Crippen molar-refractivity contribution >= 4 is 17.4 Å². The van der Waals surface area contributed by atoms with Crippen LogP contribution in [0, 0.1) is 12.8 Å². The van der Waals surface area contributed by atoms with E-state index in [0.717, 1.165) is 22.0 Å². The molecule has 2 rings (SSSR count). The zero-order valence-electron chi connectivity index (χ0n) is 15.4. The summed E-state index contributed by atoms with van der Waals surface area (Å²) in [5.41, 5.74) is 2.01. The Morgan fingerprint density at radius 2 is 2.12 bits per heavy atom. The van der Waals surface area contributed by atoms with Crippen molar-refractivity contribution in [3.05, 3.63) is 45.9 Å². The summed E-state index contributed by atoms with van der Waals surface area (Å²) in [6, 6.07) is 7.91. The van der Waals surface area contributed by atoms with Gasteiger partial charge in [0, 0.05) is 18.5 Å². The Kier molecular flexibility index (Phi) is 7.25. The third-order valence-corrected chi connectivity index (χ3v) is 4.47. The molecule has 136 valence electrons. The number of nitrogens with zero attached hydrogens (tertiary/aromatic N) is 2. The summed E-state index contributed by atoms with van der Waals surface area (Å²) < 4.78 is 5.85. The number of aryl methyl sites for hydroxylation is 1. The van der Waals surface area contributed by atoms with E-state index in [1.165, 1.54) is 0 Å². The maximum atomic E-state index is 12.2. The number of benzene rings is 1. The number of para-hydroxylation sites is 1. The van der Waals surface area contributed by atoms with Gasteiger partial charge in [-0.25, -0.2) is 9.78 Å². The van der Waals surface area contributed by atoms with E-state index < -0.39 is 0 Å². The Labute approximate surface area is 154 Å². The largest absolute Gasteiger partial charge is 0.486 e. The lowest BCUT2D eigenvalue weighted by Crippen LogP contribution is -2.41. The fourth-order valence-corrected chi connectivity index (χ4v) is 3.16. The fraction of sp³-hybridized carbons (Fsp3) is 0.474. The van der Waals surface area contributed by atoms with Gasteiger partial charge >= 0.3 is 6.03 Å². The van der Waals surface area contributed by atoms with E-state index in [-0.39, 0.29) is 6.03 Å². The van der Waals surface area contributed by atoms with E-state index in [1.807, 2.05) is 48.4 Å². The van der Waals surface area contributed by atoms with Crippen LogP contribution in [0.25, 0.3) is 0 Å². The Balaban J connectivity index is 1.96. The fourth-order valence-electron chi connectivity index (χ4n) is 2.46. The summed E-state index contributed by atoms with van der Waals surface area (Å²) in [5.74, 6) is 1.29. The minimum Gasteiger partial charge on any atom is -0.486 e. The van der Waals surface area contributed by atoms with Crippen molar-refractivity contribution in [3.8, 4) is 5.75 Å². The van der Waals surface area contributed by atoms with Gasteiger partial charge in [-0.05, 0) is 31.4 Å². The van der Waals surface area contributed by atoms with Crippen molar-refractivity contribution in [1.29, 1.82) is 0 Å². The van der Waals surface area contributed by atoms with Crippen LogP contribution in [0.2, 0.25) is 0 Å². The lowest BCUT2D eigenvalue weighted by atomic mass is 10.2. The Morgan fingerprint density at radius 1 is 1.36 bits per heavy atom. The van der Waals surface area contributed by atoms with Gasteiger partial charge < -0.3 is 15.0 Å². The van der Waals surface area contributed by atoms with Crippen LogP contribution < -0.4 is 10.1 Å². The Bertz CT molecular complexity index is 685. The number of hydrogen-bond acceptors (Lipinski definition) is 4. The molecule has 25 heavy (non-hydrogen) atoms. The van der Waals surface area contributed by atoms with Crippen LogP contribution in [0.5, 0.6) is 5.75 Å². The Hall–Kier alpha value is -2.08. The molecule has 2 amide bonds.